The number of rotatable bonds is 6. The fourth-order valence-electron chi connectivity index (χ4n) is 3.40. The van der Waals surface area contributed by atoms with Gasteiger partial charge in [0.05, 0.1) is 5.88 Å². The second-order valence-electron chi connectivity index (χ2n) is 5.83. The van der Waals surface area contributed by atoms with Crippen LogP contribution in [-0.2, 0) is 13.1 Å². The van der Waals surface area contributed by atoms with E-state index in [0.29, 0.717) is 12.1 Å². The summed E-state index contributed by atoms with van der Waals surface area (Å²) in [6, 6.07) is 5.10. The standard InChI is InChI=1S/C15H23N3OS2/c1-3-17-7-12(4-5-15(17)19)8-18-13-6-14(18)10-16(9-13)11-21-20-2/h4-5,7,13-14H,3,6,8-11H2,1-2H3. The van der Waals surface area contributed by atoms with Crippen LogP contribution in [0.2, 0.25) is 0 Å². The molecule has 2 unspecified atom stereocenters. The van der Waals surface area contributed by atoms with E-state index >= 15 is 0 Å². The molecule has 2 bridgehead atoms. The summed E-state index contributed by atoms with van der Waals surface area (Å²) in [5.41, 5.74) is 1.36. The van der Waals surface area contributed by atoms with Crippen molar-refractivity contribution in [2.24, 2.45) is 0 Å². The van der Waals surface area contributed by atoms with Crippen LogP contribution in [0, 0.1) is 0 Å². The van der Waals surface area contributed by atoms with E-state index in [9.17, 15) is 4.79 Å². The van der Waals surface area contributed by atoms with Crippen LogP contribution in [0.1, 0.15) is 18.9 Å². The van der Waals surface area contributed by atoms with Gasteiger partial charge in [-0.2, -0.15) is 0 Å². The molecule has 1 aromatic rings. The summed E-state index contributed by atoms with van der Waals surface area (Å²) in [4.78, 5) is 16.8. The minimum atomic E-state index is 0.102. The highest BCUT2D eigenvalue weighted by molar-refractivity contribution is 8.76. The highest BCUT2D eigenvalue weighted by Gasteiger charge is 2.44. The molecule has 0 saturated carbocycles. The molecular formula is C15H23N3OS2. The Kier molecular flexibility index (Phi) is 4.99. The van der Waals surface area contributed by atoms with Gasteiger partial charge in [0.1, 0.15) is 0 Å². The van der Waals surface area contributed by atoms with Crippen molar-refractivity contribution in [1.29, 1.82) is 0 Å². The van der Waals surface area contributed by atoms with Gasteiger partial charge in [-0.3, -0.25) is 14.6 Å². The van der Waals surface area contributed by atoms with Crippen LogP contribution in [-0.4, -0.2) is 51.7 Å². The Hall–Kier alpha value is -0.430. The molecule has 116 valence electrons. The van der Waals surface area contributed by atoms with E-state index in [1.807, 2.05) is 40.8 Å². The molecule has 2 saturated heterocycles. The second kappa shape index (κ2) is 6.77. The van der Waals surface area contributed by atoms with Crippen molar-refractivity contribution in [2.75, 3.05) is 25.2 Å². The number of hydrogen-bond acceptors (Lipinski definition) is 5. The van der Waals surface area contributed by atoms with Gasteiger partial charge in [-0.1, -0.05) is 27.7 Å². The van der Waals surface area contributed by atoms with Gasteiger partial charge in [0.15, 0.2) is 0 Å². The first kappa shape index (κ1) is 15.5. The van der Waals surface area contributed by atoms with Crippen LogP contribution in [0.4, 0.5) is 0 Å². The van der Waals surface area contributed by atoms with E-state index in [0.717, 1.165) is 19.0 Å². The number of hydrogen-bond donors (Lipinski definition) is 0. The Morgan fingerprint density at radius 1 is 1.29 bits per heavy atom. The third kappa shape index (κ3) is 3.33. The van der Waals surface area contributed by atoms with Crippen LogP contribution >= 0.6 is 21.6 Å². The van der Waals surface area contributed by atoms with Gasteiger partial charge in [0.25, 0.3) is 5.56 Å². The second-order valence-corrected chi connectivity index (χ2v) is 8.36. The van der Waals surface area contributed by atoms with E-state index < -0.39 is 0 Å². The van der Waals surface area contributed by atoms with E-state index in [2.05, 4.69) is 16.1 Å². The van der Waals surface area contributed by atoms with Gasteiger partial charge in [-0.05, 0) is 25.2 Å². The molecule has 21 heavy (non-hydrogen) atoms. The van der Waals surface area contributed by atoms with Crippen molar-refractivity contribution in [1.82, 2.24) is 14.4 Å². The van der Waals surface area contributed by atoms with Crippen molar-refractivity contribution < 1.29 is 0 Å². The number of piperidine rings is 1. The first-order valence-corrected chi connectivity index (χ1v) is 10.3. The van der Waals surface area contributed by atoms with Gasteiger partial charge in [-0.15, -0.1) is 0 Å². The maximum Gasteiger partial charge on any atom is 0.250 e. The normalized spacial score (nSPS) is 25.8. The Bertz CT molecular complexity index is 536. The van der Waals surface area contributed by atoms with Crippen molar-refractivity contribution in [3.05, 3.63) is 34.2 Å². The monoisotopic (exact) mass is 325 g/mol. The van der Waals surface area contributed by atoms with Crippen molar-refractivity contribution in [3.63, 3.8) is 0 Å². The zero-order chi connectivity index (χ0) is 14.8. The number of aryl methyl sites for hydroxylation is 1. The van der Waals surface area contributed by atoms with Gasteiger partial charge in [-0.25, -0.2) is 0 Å². The van der Waals surface area contributed by atoms with Gasteiger partial charge in [0, 0.05) is 50.5 Å². The molecule has 2 aliphatic rings. The van der Waals surface area contributed by atoms with Crippen molar-refractivity contribution >= 4 is 21.6 Å². The minimum absolute atomic E-state index is 0.102. The number of piperazine rings is 1. The summed E-state index contributed by atoms with van der Waals surface area (Å²) in [6.07, 6.45) is 5.51. The van der Waals surface area contributed by atoms with Gasteiger partial charge >= 0.3 is 0 Å². The van der Waals surface area contributed by atoms with E-state index in [-0.39, 0.29) is 5.56 Å². The molecule has 3 rings (SSSR count). The lowest BCUT2D eigenvalue weighted by Gasteiger charge is -2.56. The molecule has 0 aliphatic carbocycles. The molecule has 3 heterocycles. The molecule has 0 spiro atoms. The molecule has 6 heteroatoms. The Morgan fingerprint density at radius 2 is 2.05 bits per heavy atom. The zero-order valence-corrected chi connectivity index (χ0v) is 14.3. The topological polar surface area (TPSA) is 28.5 Å². The van der Waals surface area contributed by atoms with Crippen molar-refractivity contribution in [2.45, 2.75) is 38.5 Å². The highest BCUT2D eigenvalue weighted by atomic mass is 33.1. The summed E-state index contributed by atoms with van der Waals surface area (Å²) in [7, 11) is 3.78. The SMILES string of the molecule is CCn1cc(CN2C3CC2CN(CSSC)C3)ccc1=O. The third-order valence-electron chi connectivity index (χ3n) is 4.52. The molecule has 1 aromatic heterocycles. The Morgan fingerprint density at radius 3 is 2.71 bits per heavy atom. The largest absolute Gasteiger partial charge is 0.315 e. The minimum Gasteiger partial charge on any atom is -0.315 e. The molecule has 2 aliphatic heterocycles. The number of pyridine rings is 1. The molecular weight excluding hydrogens is 302 g/mol. The Labute approximate surface area is 134 Å². The van der Waals surface area contributed by atoms with Crippen LogP contribution in [0.15, 0.2) is 23.1 Å². The number of nitrogens with zero attached hydrogens (tertiary/aromatic N) is 3. The maximum absolute atomic E-state index is 11.6. The average Bonchev–Trinajstić information content (AvgIpc) is 2.52. The number of likely N-dealkylation sites (tertiary alicyclic amines) is 2. The molecule has 0 N–H and O–H groups in total. The number of aromatic nitrogens is 1. The lowest BCUT2D eigenvalue weighted by atomic mass is 9.87. The smallest absolute Gasteiger partial charge is 0.250 e. The molecule has 4 nitrogen and oxygen atoms in total. The summed E-state index contributed by atoms with van der Waals surface area (Å²) < 4.78 is 1.80. The lowest BCUT2D eigenvalue weighted by molar-refractivity contribution is -0.0688. The van der Waals surface area contributed by atoms with Crippen LogP contribution in [0.5, 0.6) is 0 Å². The Balaban J connectivity index is 1.59. The lowest BCUT2D eigenvalue weighted by Crippen LogP contribution is -2.67. The van der Waals surface area contributed by atoms with Crippen LogP contribution in [0.25, 0.3) is 0 Å². The van der Waals surface area contributed by atoms with Crippen LogP contribution < -0.4 is 5.56 Å². The fourth-order valence-corrected chi connectivity index (χ4v) is 4.63. The highest BCUT2D eigenvalue weighted by Crippen LogP contribution is 2.34. The average molecular weight is 326 g/mol. The fraction of sp³-hybridized carbons (Fsp3) is 0.667. The summed E-state index contributed by atoms with van der Waals surface area (Å²) in [5.74, 6) is 1.14. The maximum atomic E-state index is 11.6. The predicted molar refractivity (Wildman–Crippen MR) is 91.7 cm³/mol. The molecule has 2 atom stereocenters. The first-order valence-electron chi connectivity index (χ1n) is 7.54. The summed E-state index contributed by atoms with van der Waals surface area (Å²) >= 11 is 0. The number of fused-ring (bicyclic) bond motifs is 2. The van der Waals surface area contributed by atoms with E-state index in [1.54, 1.807) is 10.6 Å². The molecule has 2 fully saturated rings. The summed E-state index contributed by atoms with van der Waals surface area (Å²) in [6.45, 7) is 6.14. The van der Waals surface area contributed by atoms with E-state index in [4.69, 9.17) is 0 Å². The predicted octanol–water partition coefficient (Wildman–Crippen LogP) is 2.10. The quantitative estimate of drug-likeness (QED) is 0.747. The third-order valence-corrected chi connectivity index (χ3v) is 6.25. The van der Waals surface area contributed by atoms with E-state index in [1.165, 1.54) is 25.1 Å². The van der Waals surface area contributed by atoms with Crippen LogP contribution in [0.3, 0.4) is 0 Å². The van der Waals surface area contributed by atoms with Crippen molar-refractivity contribution in [3.8, 4) is 0 Å². The first-order chi connectivity index (χ1) is 10.2. The molecule has 0 amide bonds. The summed E-state index contributed by atoms with van der Waals surface area (Å²) in [5, 5.41) is 0. The zero-order valence-electron chi connectivity index (χ0n) is 12.7. The van der Waals surface area contributed by atoms with Gasteiger partial charge < -0.3 is 4.57 Å². The molecule has 0 radical (unpaired) electrons. The molecule has 0 aromatic carbocycles. The van der Waals surface area contributed by atoms with Gasteiger partial charge in [0.2, 0.25) is 0 Å².